The van der Waals surface area contributed by atoms with Gasteiger partial charge in [0.1, 0.15) is 11.5 Å². The van der Waals surface area contributed by atoms with Crippen molar-refractivity contribution in [2.75, 3.05) is 0 Å². The van der Waals surface area contributed by atoms with E-state index < -0.39 is 0 Å². The van der Waals surface area contributed by atoms with Crippen LogP contribution in [0.5, 0.6) is 11.5 Å². The Bertz CT molecular complexity index is 1360. The Hall–Kier alpha value is -4.96. The third-order valence-electron chi connectivity index (χ3n) is 7.49. The van der Waals surface area contributed by atoms with Crippen LogP contribution in [0.25, 0.3) is 0 Å². The Morgan fingerprint density at radius 2 is 0.630 bits per heavy atom. The van der Waals surface area contributed by atoms with E-state index in [4.69, 9.17) is 9.47 Å². The van der Waals surface area contributed by atoms with E-state index in [1.54, 1.807) is 24.3 Å². The zero-order valence-corrected chi connectivity index (χ0v) is 33.1. The van der Waals surface area contributed by atoms with E-state index in [2.05, 4.69) is 148 Å². The zero-order chi connectivity index (χ0) is 38.8. The topological polar surface area (TPSA) is 52.6 Å². The van der Waals surface area contributed by atoms with Gasteiger partial charge < -0.3 is 9.47 Å². The van der Waals surface area contributed by atoms with Crippen LogP contribution in [0.2, 0.25) is 0 Å². The van der Waals surface area contributed by atoms with E-state index in [0.29, 0.717) is 24.3 Å². The van der Waals surface area contributed by atoms with Crippen molar-refractivity contribution in [3.8, 4) is 11.5 Å². The fourth-order valence-corrected chi connectivity index (χ4v) is 4.65. The summed E-state index contributed by atoms with van der Waals surface area (Å²) in [5.74, 6) is 0.0846. The monoisotopic (exact) mass is 730 g/mol. The molecule has 290 valence electrons. The summed E-state index contributed by atoms with van der Waals surface area (Å²) in [5, 5.41) is 0. The molecule has 0 saturated heterocycles. The molecule has 0 amide bonds. The number of hydrogen-bond donors (Lipinski definition) is 0. The van der Waals surface area contributed by atoms with E-state index >= 15 is 0 Å². The fourth-order valence-electron chi connectivity index (χ4n) is 4.65. The average molecular weight is 731 g/mol. The third kappa shape index (κ3) is 32.9. The first kappa shape index (κ1) is 47.1. The summed E-state index contributed by atoms with van der Waals surface area (Å²) in [6.45, 7) is 4.30. The second-order valence-electron chi connectivity index (χ2n) is 12.3. The molecule has 0 aliphatic heterocycles. The van der Waals surface area contributed by atoms with E-state index in [9.17, 15) is 9.59 Å². The number of ether oxygens (including phenoxy) is 2. The summed E-state index contributed by atoms with van der Waals surface area (Å²) >= 11 is 0. The predicted molar refractivity (Wildman–Crippen MR) is 233 cm³/mol. The van der Waals surface area contributed by atoms with Crippen LogP contribution >= 0.6 is 0 Å². The standard InChI is InChI=1S/C50H66O4/c1-3-5-7-9-11-13-15-17-19-21-23-25-27-29-31-33-35-37-39-44-49(51)53-47-42-41-43-48(46-47)54-50(52)45-40-38-36-34-32-30-28-26-24-22-20-18-16-14-12-10-8-6-4-2/h5-8,11-14,17-20,23-26,29-32,35-38,41-43,46H,3-4,9-10,15-16,21-22,27-28,33-34,39-40,44-45H2,1-2H3/b7-5-,8-6-,13-11-,14-12-,19-17-,20-18-,25-23-,26-24-,31-29-,32-30-,37-35-,38-36-. The van der Waals surface area contributed by atoms with Crippen molar-refractivity contribution in [3.63, 3.8) is 0 Å². The summed E-state index contributed by atoms with van der Waals surface area (Å²) in [7, 11) is 0. The van der Waals surface area contributed by atoms with Gasteiger partial charge in [-0.1, -0.05) is 166 Å². The maximum absolute atomic E-state index is 12.3. The van der Waals surface area contributed by atoms with Crippen LogP contribution in [0, 0.1) is 0 Å². The Kier molecular flexibility index (Phi) is 32.9. The van der Waals surface area contributed by atoms with Crippen LogP contribution in [0.1, 0.15) is 117 Å². The molecule has 0 spiro atoms. The van der Waals surface area contributed by atoms with E-state index in [-0.39, 0.29) is 24.8 Å². The SMILES string of the molecule is CC/C=C\C/C=C\C/C=C\C/C=C\C/C=C\C/C=C\CCC(=O)Oc1cccc(OC(=O)CC/C=C\C/C=C\C/C=C\C/C=C\C/C=C\C/C=C\CC)c1. The lowest BCUT2D eigenvalue weighted by Gasteiger charge is -2.07. The highest BCUT2D eigenvalue weighted by atomic mass is 16.5. The molecule has 0 fully saturated rings. The van der Waals surface area contributed by atoms with E-state index in [1.165, 1.54) is 0 Å². The smallest absolute Gasteiger partial charge is 0.311 e. The largest absolute Gasteiger partial charge is 0.426 e. The molecule has 1 aromatic carbocycles. The second-order valence-corrected chi connectivity index (χ2v) is 12.3. The van der Waals surface area contributed by atoms with Crippen LogP contribution in [0.15, 0.2) is 170 Å². The number of carbonyl (C=O) groups excluding carboxylic acids is 2. The van der Waals surface area contributed by atoms with Crippen LogP contribution < -0.4 is 9.47 Å². The highest BCUT2D eigenvalue weighted by Gasteiger charge is 2.08. The zero-order valence-electron chi connectivity index (χ0n) is 33.1. The Morgan fingerprint density at radius 1 is 0.389 bits per heavy atom. The van der Waals surface area contributed by atoms with Gasteiger partial charge in [0.15, 0.2) is 0 Å². The number of allylic oxidation sites excluding steroid dienone is 24. The van der Waals surface area contributed by atoms with Crippen LogP contribution in [-0.4, -0.2) is 11.9 Å². The summed E-state index contributed by atoms with van der Waals surface area (Å²) in [6, 6.07) is 6.65. The van der Waals surface area contributed by atoms with Gasteiger partial charge >= 0.3 is 11.9 Å². The summed E-state index contributed by atoms with van der Waals surface area (Å²) in [4.78, 5) is 24.6. The molecule has 0 radical (unpaired) electrons. The first-order chi connectivity index (χ1) is 26.7. The average Bonchev–Trinajstić information content (AvgIpc) is 3.16. The first-order valence-electron chi connectivity index (χ1n) is 20.0. The molecule has 0 aliphatic carbocycles. The molecule has 0 saturated carbocycles. The molecule has 4 heteroatoms. The molecule has 0 aromatic heterocycles. The molecule has 0 unspecified atom stereocenters. The molecule has 0 heterocycles. The fraction of sp³-hybridized carbons (Fsp3) is 0.360. The van der Waals surface area contributed by atoms with Crippen LogP contribution in [-0.2, 0) is 9.59 Å². The lowest BCUT2D eigenvalue weighted by molar-refractivity contribution is -0.134. The molecule has 0 atom stereocenters. The molecular formula is C50H66O4. The predicted octanol–water partition coefficient (Wildman–Crippen LogP) is 14.5. The minimum atomic E-state index is -0.323. The Morgan fingerprint density at radius 3 is 0.889 bits per heavy atom. The molecule has 4 nitrogen and oxygen atoms in total. The molecular weight excluding hydrogens is 665 g/mol. The number of rotatable bonds is 30. The number of carbonyl (C=O) groups is 2. The minimum absolute atomic E-state index is 0.276. The van der Waals surface area contributed by atoms with Gasteiger partial charge in [-0.05, 0) is 102 Å². The van der Waals surface area contributed by atoms with Gasteiger partial charge in [0, 0.05) is 18.9 Å². The van der Waals surface area contributed by atoms with Gasteiger partial charge in [-0.3, -0.25) is 9.59 Å². The molecule has 0 bridgehead atoms. The van der Waals surface area contributed by atoms with Crippen LogP contribution in [0.4, 0.5) is 0 Å². The summed E-state index contributed by atoms with van der Waals surface area (Å²) < 4.78 is 10.9. The van der Waals surface area contributed by atoms with E-state index in [1.807, 2.05) is 12.2 Å². The van der Waals surface area contributed by atoms with Gasteiger partial charge in [-0.15, -0.1) is 0 Å². The van der Waals surface area contributed by atoms with Crippen molar-refractivity contribution in [1.82, 2.24) is 0 Å². The maximum atomic E-state index is 12.3. The van der Waals surface area contributed by atoms with Crippen molar-refractivity contribution in [3.05, 3.63) is 170 Å². The van der Waals surface area contributed by atoms with E-state index in [0.717, 1.165) is 77.0 Å². The summed E-state index contributed by atoms with van der Waals surface area (Å²) in [5.41, 5.74) is 0. The number of esters is 2. The third-order valence-corrected chi connectivity index (χ3v) is 7.49. The molecule has 54 heavy (non-hydrogen) atoms. The van der Waals surface area contributed by atoms with Gasteiger partial charge in [0.05, 0.1) is 0 Å². The van der Waals surface area contributed by atoms with Crippen molar-refractivity contribution in [2.24, 2.45) is 0 Å². The Balaban J connectivity index is 2.13. The molecule has 1 aromatic rings. The van der Waals surface area contributed by atoms with Crippen molar-refractivity contribution in [1.29, 1.82) is 0 Å². The van der Waals surface area contributed by atoms with Gasteiger partial charge in [0.25, 0.3) is 0 Å². The van der Waals surface area contributed by atoms with Crippen molar-refractivity contribution >= 4 is 11.9 Å². The maximum Gasteiger partial charge on any atom is 0.311 e. The Labute approximate surface area is 328 Å². The quantitative estimate of drug-likeness (QED) is 0.0449. The summed E-state index contributed by atoms with van der Waals surface area (Å²) in [6.07, 6.45) is 65.1. The van der Waals surface area contributed by atoms with Crippen molar-refractivity contribution in [2.45, 2.75) is 117 Å². The lowest BCUT2D eigenvalue weighted by Crippen LogP contribution is -2.09. The molecule has 0 N–H and O–H groups in total. The highest BCUT2D eigenvalue weighted by Crippen LogP contribution is 2.21. The molecule has 0 aliphatic rings. The van der Waals surface area contributed by atoms with Gasteiger partial charge in [-0.2, -0.15) is 0 Å². The first-order valence-corrected chi connectivity index (χ1v) is 20.0. The normalized spacial score (nSPS) is 13.1. The lowest BCUT2D eigenvalue weighted by atomic mass is 10.2. The minimum Gasteiger partial charge on any atom is -0.426 e. The number of benzene rings is 1. The van der Waals surface area contributed by atoms with Gasteiger partial charge in [-0.25, -0.2) is 0 Å². The highest BCUT2D eigenvalue weighted by molar-refractivity contribution is 5.74. The molecule has 1 rings (SSSR count). The van der Waals surface area contributed by atoms with Crippen molar-refractivity contribution < 1.29 is 19.1 Å². The second kappa shape index (κ2) is 37.8. The van der Waals surface area contributed by atoms with Gasteiger partial charge in [0.2, 0.25) is 0 Å². The number of hydrogen-bond acceptors (Lipinski definition) is 4. The van der Waals surface area contributed by atoms with Crippen LogP contribution in [0.3, 0.4) is 0 Å².